The van der Waals surface area contributed by atoms with Gasteiger partial charge in [0.2, 0.25) is 11.8 Å². The van der Waals surface area contributed by atoms with E-state index in [2.05, 4.69) is 20.8 Å². The van der Waals surface area contributed by atoms with Crippen molar-refractivity contribution in [3.63, 3.8) is 0 Å². The quantitative estimate of drug-likeness (QED) is 0.800. The predicted octanol–water partition coefficient (Wildman–Crippen LogP) is 0.563. The summed E-state index contributed by atoms with van der Waals surface area (Å²) in [6.07, 6.45) is 2.04. The Morgan fingerprint density at radius 2 is 2.35 bits per heavy atom. The van der Waals surface area contributed by atoms with Crippen molar-refractivity contribution in [2.24, 2.45) is 0 Å². The first-order valence-corrected chi connectivity index (χ1v) is 6.35. The van der Waals surface area contributed by atoms with E-state index in [1.807, 2.05) is 13.8 Å². The standard InChI is InChI=1S/C12H17N5O3/c1-8(2)10-5-12(20-15-10)13-11(19)7-17-6-9(3-4-18)14-16-17/h5-6,8,18H,3-4,7H2,1-2H3,(H,13,19). The Bertz CT molecular complexity index is 575. The minimum absolute atomic E-state index is 0.000926. The van der Waals surface area contributed by atoms with Crippen molar-refractivity contribution in [1.29, 1.82) is 0 Å². The van der Waals surface area contributed by atoms with E-state index in [4.69, 9.17) is 9.63 Å². The maximum absolute atomic E-state index is 11.8. The number of rotatable bonds is 6. The molecule has 1 amide bonds. The third-order valence-corrected chi connectivity index (χ3v) is 2.64. The van der Waals surface area contributed by atoms with Crippen molar-refractivity contribution in [2.45, 2.75) is 32.7 Å². The van der Waals surface area contributed by atoms with E-state index in [0.717, 1.165) is 5.69 Å². The number of hydrogen-bond acceptors (Lipinski definition) is 6. The lowest BCUT2D eigenvalue weighted by atomic mass is 10.1. The van der Waals surface area contributed by atoms with Gasteiger partial charge in [0.05, 0.1) is 11.4 Å². The third kappa shape index (κ3) is 3.64. The molecule has 0 aliphatic heterocycles. The van der Waals surface area contributed by atoms with Crippen LogP contribution in [0.2, 0.25) is 0 Å². The molecule has 2 heterocycles. The number of hydrogen-bond donors (Lipinski definition) is 2. The van der Waals surface area contributed by atoms with Gasteiger partial charge < -0.3 is 9.63 Å². The first kappa shape index (κ1) is 14.2. The van der Waals surface area contributed by atoms with E-state index in [-0.39, 0.29) is 25.0 Å². The molecule has 0 saturated carbocycles. The van der Waals surface area contributed by atoms with Crippen molar-refractivity contribution < 1.29 is 14.4 Å². The summed E-state index contributed by atoms with van der Waals surface area (Å²) in [7, 11) is 0. The van der Waals surface area contributed by atoms with E-state index >= 15 is 0 Å². The van der Waals surface area contributed by atoms with E-state index in [1.54, 1.807) is 12.3 Å². The fourth-order valence-electron chi connectivity index (χ4n) is 1.59. The average Bonchev–Trinajstić information content (AvgIpc) is 2.99. The summed E-state index contributed by atoms with van der Waals surface area (Å²) in [5, 5.41) is 22.9. The summed E-state index contributed by atoms with van der Waals surface area (Å²) in [5.74, 6) is 0.270. The van der Waals surface area contributed by atoms with Gasteiger partial charge >= 0.3 is 0 Å². The van der Waals surface area contributed by atoms with Gasteiger partial charge in [-0.15, -0.1) is 5.10 Å². The van der Waals surface area contributed by atoms with E-state index < -0.39 is 0 Å². The van der Waals surface area contributed by atoms with Crippen LogP contribution in [0.25, 0.3) is 0 Å². The van der Waals surface area contributed by atoms with Crippen LogP contribution in [0.5, 0.6) is 0 Å². The zero-order valence-corrected chi connectivity index (χ0v) is 11.4. The molecule has 2 N–H and O–H groups in total. The van der Waals surface area contributed by atoms with Crippen LogP contribution in [0.15, 0.2) is 16.8 Å². The van der Waals surface area contributed by atoms with Gasteiger partial charge in [0.15, 0.2) is 0 Å². The van der Waals surface area contributed by atoms with Crippen LogP contribution in [0, 0.1) is 0 Å². The molecule has 0 saturated heterocycles. The lowest BCUT2D eigenvalue weighted by Crippen LogP contribution is -2.18. The summed E-state index contributed by atoms with van der Waals surface area (Å²) in [6, 6.07) is 1.70. The number of anilines is 1. The number of aliphatic hydroxyl groups is 1. The Hall–Kier alpha value is -2.22. The predicted molar refractivity (Wildman–Crippen MR) is 70.0 cm³/mol. The zero-order valence-electron chi connectivity index (χ0n) is 11.4. The second kappa shape index (κ2) is 6.29. The van der Waals surface area contributed by atoms with Crippen LogP contribution in [-0.2, 0) is 17.8 Å². The van der Waals surface area contributed by atoms with Gasteiger partial charge in [0.1, 0.15) is 6.54 Å². The molecular formula is C12H17N5O3. The Kier molecular flexibility index (Phi) is 4.46. The maximum Gasteiger partial charge on any atom is 0.248 e. The van der Waals surface area contributed by atoms with Crippen molar-refractivity contribution in [2.75, 3.05) is 11.9 Å². The van der Waals surface area contributed by atoms with Gasteiger partial charge in [0, 0.05) is 25.3 Å². The smallest absolute Gasteiger partial charge is 0.248 e. The molecule has 0 fully saturated rings. The van der Waals surface area contributed by atoms with Gasteiger partial charge in [-0.3, -0.25) is 10.1 Å². The molecule has 2 rings (SSSR count). The van der Waals surface area contributed by atoms with E-state index in [9.17, 15) is 4.79 Å². The molecule has 0 spiro atoms. The van der Waals surface area contributed by atoms with Crippen LogP contribution >= 0.6 is 0 Å². The highest BCUT2D eigenvalue weighted by atomic mass is 16.5. The second-order valence-corrected chi connectivity index (χ2v) is 4.70. The Labute approximate surface area is 115 Å². The van der Waals surface area contributed by atoms with Crippen molar-refractivity contribution in [1.82, 2.24) is 20.2 Å². The monoisotopic (exact) mass is 279 g/mol. The Morgan fingerprint density at radius 3 is 3.00 bits per heavy atom. The van der Waals surface area contributed by atoms with Crippen molar-refractivity contribution in [3.05, 3.63) is 23.7 Å². The highest BCUT2D eigenvalue weighted by molar-refractivity contribution is 5.89. The lowest BCUT2D eigenvalue weighted by Gasteiger charge is -2.00. The van der Waals surface area contributed by atoms with Crippen LogP contribution < -0.4 is 5.32 Å². The SMILES string of the molecule is CC(C)c1cc(NC(=O)Cn2cc(CCO)nn2)on1. The fraction of sp³-hybridized carbons (Fsp3) is 0.500. The van der Waals surface area contributed by atoms with Crippen molar-refractivity contribution in [3.8, 4) is 0 Å². The molecule has 20 heavy (non-hydrogen) atoms. The first-order valence-electron chi connectivity index (χ1n) is 6.35. The molecular weight excluding hydrogens is 262 g/mol. The minimum atomic E-state index is -0.281. The second-order valence-electron chi connectivity index (χ2n) is 4.70. The summed E-state index contributed by atoms with van der Waals surface area (Å²) in [4.78, 5) is 11.8. The number of carbonyl (C=O) groups excluding carboxylic acids is 1. The third-order valence-electron chi connectivity index (χ3n) is 2.64. The number of nitrogens with zero attached hydrogens (tertiary/aromatic N) is 4. The summed E-state index contributed by atoms with van der Waals surface area (Å²) in [5.41, 5.74) is 1.42. The van der Waals surface area contributed by atoms with Crippen LogP contribution in [0.3, 0.4) is 0 Å². The molecule has 108 valence electrons. The Balaban J connectivity index is 1.90. The van der Waals surface area contributed by atoms with Crippen LogP contribution in [-0.4, -0.2) is 37.8 Å². The molecule has 8 nitrogen and oxygen atoms in total. The minimum Gasteiger partial charge on any atom is -0.396 e. The number of aliphatic hydroxyl groups excluding tert-OH is 1. The molecule has 0 unspecified atom stereocenters. The van der Waals surface area contributed by atoms with Crippen molar-refractivity contribution >= 4 is 11.8 Å². The average molecular weight is 279 g/mol. The number of carbonyl (C=O) groups is 1. The summed E-state index contributed by atoms with van der Waals surface area (Å²) in [6.45, 7) is 4.00. The maximum atomic E-state index is 11.8. The molecule has 0 aliphatic rings. The number of amides is 1. The van der Waals surface area contributed by atoms with Gasteiger partial charge in [-0.2, -0.15) is 0 Å². The molecule has 0 bridgehead atoms. The molecule has 8 heteroatoms. The molecule has 0 atom stereocenters. The van der Waals surface area contributed by atoms with Gasteiger partial charge in [-0.05, 0) is 5.92 Å². The van der Waals surface area contributed by atoms with Gasteiger partial charge in [-0.1, -0.05) is 24.2 Å². The van der Waals surface area contributed by atoms with Crippen LogP contribution in [0.4, 0.5) is 5.88 Å². The highest BCUT2D eigenvalue weighted by Crippen LogP contribution is 2.17. The molecule has 0 aromatic carbocycles. The summed E-state index contributed by atoms with van der Waals surface area (Å²) < 4.78 is 6.42. The van der Waals surface area contributed by atoms with E-state index in [0.29, 0.717) is 18.0 Å². The Morgan fingerprint density at radius 1 is 1.55 bits per heavy atom. The van der Waals surface area contributed by atoms with E-state index in [1.165, 1.54) is 4.68 Å². The van der Waals surface area contributed by atoms with Gasteiger partial charge in [0.25, 0.3) is 0 Å². The molecule has 2 aromatic rings. The zero-order chi connectivity index (χ0) is 14.5. The summed E-state index contributed by atoms with van der Waals surface area (Å²) >= 11 is 0. The highest BCUT2D eigenvalue weighted by Gasteiger charge is 2.11. The molecule has 0 radical (unpaired) electrons. The number of aromatic nitrogens is 4. The number of nitrogens with one attached hydrogen (secondary N) is 1. The topological polar surface area (TPSA) is 106 Å². The molecule has 0 aliphatic carbocycles. The molecule has 2 aromatic heterocycles. The normalized spacial score (nSPS) is 11.0. The van der Waals surface area contributed by atoms with Gasteiger partial charge in [-0.25, -0.2) is 4.68 Å². The lowest BCUT2D eigenvalue weighted by molar-refractivity contribution is -0.117. The van der Waals surface area contributed by atoms with Crippen LogP contribution in [0.1, 0.15) is 31.2 Å². The fourth-order valence-corrected chi connectivity index (χ4v) is 1.59. The first-order chi connectivity index (χ1) is 9.58. The largest absolute Gasteiger partial charge is 0.396 e.